The van der Waals surface area contributed by atoms with Crippen molar-refractivity contribution in [1.29, 1.82) is 0 Å². The Balaban J connectivity index is 1.89. The van der Waals surface area contributed by atoms with Crippen LogP contribution in [0.4, 0.5) is 28.9 Å². The van der Waals surface area contributed by atoms with Crippen LogP contribution in [0, 0.1) is 15.9 Å². The number of nitro benzene ring substituents is 1. The molecule has 0 fully saturated rings. The topological polar surface area (TPSA) is 80.5 Å². The molecule has 6 nitrogen and oxygen atoms in total. The molecule has 1 aliphatic carbocycles. The van der Waals surface area contributed by atoms with Crippen molar-refractivity contribution in [2.45, 2.75) is 37.8 Å². The van der Waals surface area contributed by atoms with Gasteiger partial charge in [-0.25, -0.2) is 4.39 Å². The number of carbonyl (C=O) groups excluding carboxylic acids is 2. The molecule has 1 amide bonds. The average molecular weight is 448 g/mol. The van der Waals surface area contributed by atoms with E-state index in [1.54, 1.807) is 0 Å². The van der Waals surface area contributed by atoms with Crippen molar-refractivity contribution in [1.82, 2.24) is 0 Å². The van der Waals surface area contributed by atoms with Crippen LogP contribution >= 0.6 is 0 Å². The van der Waals surface area contributed by atoms with E-state index >= 15 is 0 Å². The third-order valence-corrected chi connectivity index (χ3v) is 5.69. The van der Waals surface area contributed by atoms with E-state index < -0.39 is 40.0 Å². The number of anilines is 1. The van der Waals surface area contributed by atoms with Gasteiger partial charge in [-0.05, 0) is 42.7 Å². The third kappa shape index (κ3) is 3.76. The average Bonchev–Trinajstić information content (AvgIpc) is 2.73. The minimum Gasteiger partial charge on any atom is -0.294 e. The first-order valence-corrected chi connectivity index (χ1v) is 9.78. The molecule has 0 radical (unpaired) electrons. The normalized spacial score (nSPS) is 19.2. The summed E-state index contributed by atoms with van der Waals surface area (Å²) in [4.78, 5) is 37.5. The summed E-state index contributed by atoms with van der Waals surface area (Å²) in [6.45, 7) is 0. The third-order valence-electron chi connectivity index (χ3n) is 5.69. The highest BCUT2D eigenvalue weighted by atomic mass is 19.4. The molecule has 10 heteroatoms. The highest BCUT2D eigenvalue weighted by Gasteiger charge is 2.42. The van der Waals surface area contributed by atoms with Crippen molar-refractivity contribution < 1.29 is 32.1 Å². The van der Waals surface area contributed by atoms with Gasteiger partial charge in [0.25, 0.3) is 5.69 Å². The second-order valence-electron chi connectivity index (χ2n) is 7.63. The zero-order chi connectivity index (χ0) is 23.2. The van der Waals surface area contributed by atoms with E-state index in [0.717, 1.165) is 11.0 Å². The van der Waals surface area contributed by atoms with E-state index in [9.17, 15) is 37.3 Å². The fourth-order valence-electron chi connectivity index (χ4n) is 4.29. The van der Waals surface area contributed by atoms with Gasteiger partial charge in [0.15, 0.2) is 5.78 Å². The van der Waals surface area contributed by atoms with Crippen LogP contribution in [-0.2, 0) is 15.8 Å². The zero-order valence-corrected chi connectivity index (χ0v) is 16.5. The SMILES string of the molecule is O=C1CCCC2=C1C(c1ccc(F)cc1)CC(=O)N2c1ccc(C(F)(F)F)cc1[N+](=O)[O-]. The van der Waals surface area contributed by atoms with Crippen LogP contribution in [0.15, 0.2) is 53.7 Å². The van der Waals surface area contributed by atoms with E-state index in [1.807, 2.05) is 0 Å². The number of alkyl halides is 3. The van der Waals surface area contributed by atoms with E-state index in [4.69, 9.17) is 0 Å². The van der Waals surface area contributed by atoms with Crippen LogP contribution < -0.4 is 4.90 Å². The molecule has 1 heterocycles. The molecule has 0 spiro atoms. The molecule has 4 rings (SSSR count). The number of rotatable bonds is 3. The highest BCUT2D eigenvalue weighted by Crippen LogP contribution is 2.46. The van der Waals surface area contributed by atoms with Crippen LogP contribution in [0.1, 0.15) is 42.7 Å². The summed E-state index contributed by atoms with van der Waals surface area (Å²) in [5.41, 5.74) is -1.32. The number of allylic oxidation sites excluding steroid dienone is 2. The fourth-order valence-corrected chi connectivity index (χ4v) is 4.29. The largest absolute Gasteiger partial charge is 0.416 e. The standard InChI is InChI=1S/C22H16F4N2O4/c23-14-7-4-12(5-8-14)15-11-20(30)27(17-2-1-3-19(29)21(15)17)16-9-6-13(22(24,25)26)10-18(16)28(31)32/h4-10,15H,1-3,11H2. The monoisotopic (exact) mass is 448 g/mol. The van der Waals surface area contributed by atoms with Gasteiger partial charge < -0.3 is 0 Å². The number of carbonyl (C=O) groups is 2. The van der Waals surface area contributed by atoms with Gasteiger partial charge >= 0.3 is 6.18 Å². The van der Waals surface area contributed by atoms with Gasteiger partial charge in [0.2, 0.25) is 5.91 Å². The van der Waals surface area contributed by atoms with Crippen molar-refractivity contribution in [2.24, 2.45) is 0 Å². The van der Waals surface area contributed by atoms with Gasteiger partial charge in [-0.1, -0.05) is 12.1 Å². The minimum absolute atomic E-state index is 0.216. The van der Waals surface area contributed by atoms with E-state index in [2.05, 4.69) is 0 Å². The second kappa shape index (κ2) is 7.85. The molecule has 0 saturated carbocycles. The lowest BCUT2D eigenvalue weighted by Crippen LogP contribution is -2.40. The maximum atomic E-state index is 13.4. The predicted octanol–water partition coefficient (Wildman–Crippen LogP) is 5.28. The number of halogens is 4. The predicted molar refractivity (Wildman–Crippen MR) is 105 cm³/mol. The Labute approximate surface area is 179 Å². The molecule has 1 unspecified atom stereocenters. The first-order chi connectivity index (χ1) is 15.1. The van der Waals surface area contributed by atoms with Crippen molar-refractivity contribution in [3.8, 4) is 0 Å². The molecular formula is C22H16F4N2O4. The smallest absolute Gasteiger partial charge is 0.294 e. The van der Waals surface area contributed by atoms with Crippen molar-refractivity contribution in [2.75, 3.05) is 4.90 Å². The fraction of sp³-hybridized carbons (Fsp3) is 0.273. The summed E-state index contributed by atoms with van der Waals surface area (Å²) in [5.74, 6) is -1.97. The Morgan fingerprint density at radius 1 is 1.03 bits per heavy atom. The minimum atomic E-state index is -4.80. The van der Waals surface area contributed by atoms with Gasteiger partial charge in [0, 0.05) is 36.1 Å². The number of ketones is 1. The number of hydrogen-bond acceptors (Lipinski definition) is 4. The van der Waals surface area contributed by atoms with Gasteiger partial charge in [0.05, 0.1) is 10.5 Å². The number of hydrogen-bond donors (Lipinski definition) is 0. The van der Waals surface area contributed by atoms with Crippen LogP contribution in [0.25, 0.3) is 0 Å². The summed E-state index contributed by atoms with van der Waals surface area (Å²) in [6, 6.07) is 7.31. The maximum absolute atomic E-state index is 13.4. The molecule has 2 aromatic carbocycles. The van der Waals surface area contributed by atoms with E-state index in [1.165, 1.54) is 24.3 Å². The van der Waals surface area contributed by atoms with E-state index in [-0.39, 0.29) is 42.0 Å². The Hall–Kier alpha value is -3.56. The Morgan fingerprint density at radius 2 is 1.72 bits per heavy atom. The lowest BCUT2D eigenvalue weighted by Gasteiger charge is -2.38. The summed E-state index contributed by atoms with van der Waals surface area (Å²) < 4.78 is 52.6. The summed E-state index contributed by atoms with van der Waals surface area (Å²) in [7, 11) is 0. The molecule has 0 N–H and O–H groups in total. The molecule has 0 bridgehead atoms. The first kappa shape index (κ1) is 21.7. The number of Topliss-reactive ketones (excluding diaryl/α,β-unsaturated/α-hetero) is 1. The highest BCUT2D eigenvalue weighted by molar-refractivity contribution is 6.08. The van der Waals surface area contributed by atoms with Crippen molar-refractivity contribution >= 4 is 23.1 Å². The van der Waals surface area contributed by atoms with Gasteiger partial charge in [-0.3, -0.25) is 24.6 Å². The quantitative estimate of drug-likeness (QED) is 0.364. The van der Waals surface area contributed by atoms with Crippen molar-refractivity contribution in [3.63, 3.8) is 0 Å². The molecule has 0 aromatic heterocycles. The molecule has 166 valence electrons. The van der Waals surface area contributed by atoms with Crippen LogP contribution in [0.2, 0.25) is 0 Å². The molecule has 1 atom stereocenters. The number of amides is 1. The van der Waals surface area contributed by atoms with Crippen molar-refractivity contribution in [3.05, 3.63) is 80.8 Å². The summed E-state index contributed by atoms with van der Waals surface area (Å²) >= 11 is 0. The van der Waals surface area contributed by atoms with E-state index in [0.29, 0.717) is 24.1 Å². The van der Waals surface area contributed by atoms with Gasteiger partial charge in [0.1, 0.15) is 11.5 Å². The molecule has 1 aliphatic heterocycles. The second-order valence-corrected chi connectivity index (χ2v) is 7.63. The Morgan fingerprint density at radius 3 is 2.34 bits per heavy atom. The van der Waals surface area contributed by atoms with Gasteiger partial charge in [-0.2, -0.15) is 13.2 Å². The molecular weight excluding hydrogens is 432 g/mol. The van der Waals surface area contributed by atoms with Crippen LogP contribution in [-0.4, -0.2) is 16.6 Å². The summed E-state index contributed by atoms with van der Waals surface area (Å²) in [5, 5.41) is 11.6. The maximum Gasteiger partial charge on any atom is 0.416 e. The van der Waals surface area contributed by atoms with Gasteiger partial charge in [-0.15, -0.1) is 0 Å². The first-order valence-electron chi connectivity index (χ1n) is 9.78. The van der Waals surface area contributed by atoms with Crippen LogP contribution in [0.3, 0.4) is 0 Å². The molecule has 2 aliphatic rings. The molecule has 2 aromatic rings. The Kier molecular flexibility index (Phi) is 5.31. The lowest BCUT2D eigenvalue weighted by atomic mass is 9.77. The lowest BCUT2D eigenvalue weighted by molar-refractivity contribution is -0.384. The number of benzene rings is 2. The van der Waals surface area contributed by atoms with Crippen LogP contribution in [0.5, 0.6) is 0 Å². The Bertz CT molecular complexity index is 1160. The molecule has 32 heavy (non-hydrogen) atoms. The zero-order valence-electron chi connectivity index (χ0n) is 16.5. The summed E-state index contributed by atoms with van der Waals surface area (Å²) in [6.07, 6.45) is -4.16. The molecule has 0 saturated heterocycles. The number of nitro groups is 1. The number of nitrogens with zero attached hydrogens (tertiary/aromatic N) is 2.